The van der Waals surface area contributed by atoms with Gasteiger partial charge in [0.15, 0.2) is 5.13 Å². The number of benzene rings is 4. The van der Waals surface area contributed by atoms with Gasteiger partial charge in [0.25, 0.3) is 5.91 Å². The van der Waals surface area contributed by atoms with Crippen LogP contribution in [0.25, 0.3) is 32.0 Å². The molecule has 0 saturated carbocycles. The van der Waals surface area contributed by atoms with Crippen molar-refractivity contribution in [2.45, 2.75) is 20.4 Å². The highest BCUT2D eigenvalue weighted by Crippen LogP contribution is 2.34. The summed E-state index contributed by atoms with van der Waals surface area (Å²) in [7, 11) is 0. The fourth-order valence-corrected chi connectivity index (χ4v) is 5.51. The van der Waals surface area contributed by atoms with Crippen LogP contribution in [-0.4, -0.2) is 10.9 Å². The summed E-state index contributed by atoms with van der Waals surface area (Å²) in [5, 5.41) is 3.21. The fraction of sp³-hybridized carbons (Fsp3) is 0.100. The first-order chi connectivity index (χ1) is 17.5. The minimum absolute atomic E-state index is 0.0121. The second kappa shape index (κ2) is 8.73. The molecule has 0 N–H and O–H groups in total. The van der Waals surface area contributed by atoms with Crippen LogP contribution in [0, 0.1) is 13.8 Å². The first-order valence-electron chi connectivity index (χ1n) is 11.7. The maximum atomic E-state index is 14.0. The molecule has 0 aliphatic heterocycles. The van der Waals surface area contributed by atoms with Crippen LogP contribution in [0.4, 0.5) is 5.13 Å². The Kier molecular flexibility index (Phi) is 5.38. The highest BCUT2D eigenvalue weighted by molar-refractivity contribution is 7.22. The highest BCUT2D eigenvalue weighted by Gasteiger charge is 2.26. The summed E-state index contributed by atoms with van der Waals surface area (Å²) in [5.74, 6) is -0.434. The van der Waals surface area contributed by atoms with Crippen LogP contribution in [-0.2, 0) is 6.54 Å². The Morgan fingerprint density at radius 3 is 2.53 bits per heavy atom. The van der Waals surface area contributed by atoms with Gasteiger partial charge in [0.1, 0.15) is 11.1 Å². The smallest absolute Gasteiger partial charge is 0.349 e. The number of anilines is 1. The Labute approximate surface area is 211 Å². The predicted octanol–water partition coefficient (Wildman–Crippen LogP) is 7.02. The molecule has 0 fully saturated rings. The molecule has 176 valence electrons. The van der Waals surface area contributed by atoms with Gasteiger partial charge in [-0.2, -0.15) is 0 Å². The lowest BCUT2D eigenvalue weighted by molar-refractivity contribution is 0.0981. The van der Waals surface area contributed by atoms with Crippen LogP contribution in [0.2, 0.25) is 0 Å². The summed E-state index contributed by atoms with van der Waals surface area (Å²) in [6.07, 6.45) is 0. The molecule has 4 aromatic carbocycles. The largest absolute Gasteiger partial charge is 0.422 e. The maximum Gasteiger partial charge on any atom is 0.349 e. The number of carbonyl (C=O) groups excluding carboxylic acids is 1. The van der Waals surface area contributed by atoms with Gasteiger partial charge in [0.05, 0.1) is 16.8 Å². The van der Waals surface area contributed by atoms with Gasteiger partial charge >= 0.3 is 5.63 Å². The van der Waals surface area contributed by atoms with E-state index in [0.29, 0.717) is 10.7 Å². The van der Waals surface area contributed by atoms with Crippen molar-refractivity contribution in [1.29, 1.82) is 0 Å². The third-order valence-electron chi connectivity index (χ3n) is 6.61. The van der Waals surface area contributed by atoms with Crippen molar-refractivity contribution < 1.29 is 9.21 Å². The Balaban J connectivity index is 1.53. The summed E-state index contributed by atoms with van der Waals surface area (Å²) >= 11 is 1.44. The van der Waals surface area contributed by atoms with E-state index in [-0.39, 0.29) is 12.1 Å². The van der Waals surface area contributed by atoms with Crippen LogP contribution in [0.3, 0.4) is 0 Å². The number of rotatable bonds is 4. The number of fused-ring (bicyclic) bond motifs is 4. The molecule has 0 bridgehead atoms. The fourth-order valence-electron chi connectivity index (χ4n) is 4.49. The van der Waals surface area contributed by atoms with Crippen molar-refractivity contribution in [3.63, 3.8) is 0 Å². The third kappa shape index (κ3) is 3.76. The molecular formula is C30H22N2O3S. The van der Waals surface area contributed by atoms with Gasteiger partial charge in [-0.1, -0.05) is 78.1 Å². The molecule has 6 rings (SSSR count). The van der Waals surface area contributed by atoms with E-state index in [4.69, 9.17) is 9.40 Å². The van der Waals surface area contributed by atoms with E-state index in [9.17, 15) is 9.59 Å². The standard InChI is InChI=1S/C30H22N2O3S/c1-18-12-15-26-27(19(18)2)31-30(36-26)32(17-20-8-4-3-5-9-20)28(33)24-16-23-22-11-7-6-10-21(22)13-14-25(23)35-29(24)34/h3-16H,17H2,1-2H3. The number of aryl methyl sites for hydroxylation is 2. The molecular weight excluding hydrogens is 468 g/mol. The Morgan fingerprint density at radius 2 is 1.69 bits per heavy atom. The van der Waals surface area contributed by atoms with E-state index in [1.165, 1.54) is 11.3 Å². The molecule has 0 atom stereocenters. The lowest BCUT2D eigenvalue weighted by Gasteiger charge is -2.20. The van der Waals surface area contributed by atoms with Crippen LogP contribution in [0.15, 0.2) is 94.1 Å². The summed E-state index contributed by atoms with van der Waals surface area (Å²) in [6.45, 7) is 4.36. The van der Waals surface area contributed by atoms with Crippen molar-refractivity contribution in [2.24, 2.45) is 0 Å². The van der Waals surface area contributed by atoms with Crippen LogP contribution < -0.4 is 10.5 Å². The summed E-state index contributed by atoms with van der Waals surface area (Å²) in [5.41, 5.74) is 3.82. The number of thiazole rings is 1. The average molecular weight is 491 g/mol. The van der Waals surface area contributed by atoms with E-state index in [1.54, 1.807) is 17.0 Å². The second-order valence-corrected chi connectivity index (χ2v) is 9.88. The first kappa shape index (κ1) is 22.2. The normalized spacial score (nSPS) is 11.4. The minimum Gasteiger partial charge on any atom is -0.422 e. The lowest BCUT2D eigenvalue weighted by atomic mass is 10.0. The van der Waals surface area contributed by atoms with Crippen LogP contribution >= 0.6 is 11.3 Å². The summed E-state index contributed by atoms with van der Waals surface area (Å²) < 4.78 is 6.63. The number of hydrogen-bond acceptors (Lipinski definition) is 5. The summed E-state index contributed by atoms with van der Waals surface area (Å²) in [4.78, 5) is 33.5. The van der Waals surface area contributed by atoms with Crippen molar-refractivity contribution in [3.8, 4) is 0 Å². The molecule has 6 aromatic rings. The van der Waals surface area contributed by atoms with Gasteiger partial charge < -0.3 is 4.42 Å². The number of amides is 1. The molecule has 1 amide bonds. The van der Waals surface area contributed by atoms with Crippen LogP contribution in [0.5, 0.6) is 0 Å². The first-order valence-corrected chi connectivity index (χ1v) is 12.5. The Bertz CT molecular complexity index is 1840. The highest BCUT2D eigenvalue weighted by atomic mass is 32.1. The zero-order valence-corrected chi connectivity index (χ0v) is 20.6. The van der Waals surface area contributed by atoms with Crippen molar-refractivity contribution in [3.05, 3.63) is 118 Å². The number of hydrogen-bond donors (Lipinski definition) is 0. The van der Waals surface area contributed by atoms with Gasteiger partial charge in [0, 0.05) is 5.39 Å². The SMILES string of the molecule is Cc1ccc2sc(N(Cc3ccccc3)C(=O)c3cc4c(ccc5ccccc54)oc3=O)nc2c1C. The van der Waals surface area contributed by atoms with Gasteiger partial charge in [-0.15, -0.1) is 0 Å². The monoisotopic (exact) mass is 490 g/mol. The van der Waals surface area contributed by atoms with Gasteiger partial charge in [0.2, 0.25) is 0 Å². The zero-order valence-electron chi connectivity index (χ0n) is 19.8. The van der Waals surface area contributed by atoms with E-state index in [2.05, 4.69) is 6.07 Å². The van der Waals surface area contributed by atoms with E-state index in [0.717, 1.165) is 43.1 Å². The molecule has 0 aliphatic carbocycles. The second-order valence-electron chi connectivity index (χ2n) is 8.87. The maximum absolute atomic E-state index is 14.0. The number of aromatic nitrogens is 1. The molecule has 0 radical (unpaired) electrons. The third-order valence-corrected chi connectivity index (χ3v) is 7.65. The Hall–Kier alpha value is -4.29. The molecule has 0 saturated heterocycles. The van der Waals surface area contributed by atoms with Crippen molar-refractivity contribution >= 4 is 54.3 Å². The Morgan fingerprint density at radius 1 is 0.917 bits per heavy atom. The number of nitrogens with zero attached hydrogens (tertiary/aromatic N) is 2. The van der Waals surface area contributed by atoms with Gasteiger partial charge in [-0.25, -0.2) is 9.78 Å². The quantitative estimate of drug-likeness (QED) is 0.197. The minimum atomic E-state index is -0.658. The van der Waals surface area contributed by atoms with Crippen molar-refractivity contribution in [1.82, 2.24) is 4.98 Å². The van der Waals surface area contributed by atoms with Crippen LogP contribution in [0.1, 0.15) is 27.0 Å². The molecule has 0 spiro atoms. The zero-order chi connectivity index (χ0) is 24.8. The lowest BCUT2D eigenvalue weighted by Crippen LogP contribution is -2.33. The van der Waals surface area contributed by atoms with E-state index in [1.807, 2.05) is 80.6 Å². The number of carbonyl (C=O) groups is 1. The average Bonchev–Trinajstić information content (AvgIpc) is 3.34. The van der Waals surface area contributed by atoms with Crippen molar-refractivity contribution in [2.75, 3.05) is 4.90 Å². The molecule has 0 aliphatic rings. The molecule has 2 aromatic heterocycles. The molecule has 5 nitrogen and oxygen atoms in total. The molecule has 36 heavy (non-hydrogen) atoms. The molecule has 0 unspecified atom stereocenters. The van der Waals surface area contributed by atoms with Gasteiger partial charge in [-0.3, -0.25) is 9.69 Å². The molecule has 6 heteroatoms. The van der Waals surface area contributed by atoms with E-state index >= 15 is 0 Å². The predicted molar refractivity (Wildman–Crippen MR) is 146 cm³/mol. The summed E-state index contributed by atoms with van der Waals surface area (Å²) in [6, 6.07) is 27.0. The topological polar surface area (TPSA) is 63.4 Å². The van der Waals surface area contributed by atoms with E-state index < -0.39 is 11.5 Å². The molecule has 2 heterocycles. The van der Waals surface area contributed by atoms with Gasteiger partial charge in [-0.05, 0) is 59.5 Å².